The number of aromatic nitrogens is 1. The molecule has 0 aliphatic rings. The maximum atomic E-state index is 13.8. The number of nitrogens with zero attached hydrogens (tertiary/aromatic N) is 1. The molecule has 0 bridgehead atoms. The SMILES string of the molecule is COc1ccc(C(C)NC(C)c2nc(C)sc2C)cc1F. The third-order valence-electron chi connectivity index (χ3n) is 3.53. The number of methoxy groups -OCH3 is 1. The summed E-state index contributed by atoms with van der Waals surface area (Å²) >= 11 is 1.70. The number of ether oxygens (including phenoxy) is 1. The first-order valence-corrected chi connectivity index (χ1v) is 7.77. The van der Waals surface area contributed by atoms with E-state index in [2.05, 4.69) is 24.1 Å². The Morgan fingerprint density at radius 1 is 1.24 bits per heavy atom. The van der Waals surface area contributed by atoms with Crippen molar-refractivity contribution in [2.24, 2.45) is 0 Å². The van der Waals surface area contributed by atoms with Crippen molar-refractivity contribution in [3.63, 3.8) is 0 Å². The van der Waals surface area contributed by atoms with Gasteiger partial charge in [-0.3, -0.25) is 0 Å². The lowest BCUT2D eigenvalue weighted by Gasteiger charge is -2.20. The summed E-state index contributed by atoms with van der Waals surface area (Å²) in [5.74, 6) is -0.0676. The van der Waals surface area contributed by atoms with Crippen molar-refractivity contribution in [1.82, 2.24) is 10.3 Å². The van der Waals surface area contributed by atoms with Crippen molar-refractivity contribution in [2.45, 2.75) is 39.8 Å². The van der Waals surface area contributed by atoms with Crippen LogP contribution in [0.4, 0.5) is 4.39 Å². The highest BCUT2D eigenvalue weighted by Crippen LogP contribution is 2.26. The number of aryl methyl sites for hydroxylation is 2. The van der Waals surface area contributed by atoms with E-state index in [9.17, 15) is 4.39 Å². The van der Waals surface area contributed by atoms with E-state index in [0.717, 1.165) is 16.3 Å². The van der Waals surface area contributed by atoms with Crippen molar-refractivity contribution < 1.29 is 9.13 Å². The summed E-state index contributed by atoms with van der Waals surface area (Å²) in [6.45, 7) is 8.19. The Balaban J connectivity index is 2.12. The number of halogens is 1. The third-order valence-corrected chi connectivity index (χ3v) is 4.43. The molecule has 0 amide bonds. The Kier molecular flexibility index (Phi) is 4.96. The molecule has 2 atom stereocenters. The molecule has 0 aliphatic carbocycles. The number of nitrogens with one attached hydrogen (secondary N) is 1. The van der Waals surface area contributed by atoms with Gasteiger partial charge in [-0.25, -0.2) is 9.37 Å². The maximum Gasteiger partial charge on any atom is 0.165 e. The van der Waals surface area contributed by atoms with Gasteiger partial charge in [0.15, 0.2) is 11.6 Å². The largest absolute Gasteiger partial charge is 0.494 e. The van der Waals surface area contributed by atoms with E-state index < -0.39 is 0 Å². The molecule has 2 aromatic rings. The standard InChI is InChI=1S/C16H21FN2OS/c1-9(13-6-7-15(20-5)14(17)8-13)18-10(2)16-11(3)21-12(4)19-16/h6-10,18H,1-5H3. The van der Waals surface area contributed by atoms with Gasteiger partial charge in [-0.15, -0.1) is 11.3 Å². The Hall–Kier alpha value is -1.46. The molecule has 2 unspecified atom stereocenters. The van der Waals surface area contributed by atoms with Crippen LogP contribution in [0.1, 0.15) is 47.1 Å². The molecule has 0 aliphatic heterocycles. The van der Waals surface area contributed by atoms with E-state index in [1.54, 1.807) is 17.4 Å². The van der Waals surface area contributed by atoms with Crippen LogP contribution < -0.4 is 10.1 Å². The highest BCUT2D eigenvalue weighted by Gasteiger charge is 2.17. The van der Waals surface area contributed by atoms with E-state index in [-0.39, 0.29) is 23.7 Å². The fourth-order valence-electron chi connectivity index (χ4n) is 2.45. The second kappa shape index (κ2) is 6.54. The van der Waals surface area contributed by atoms with Crippen molar-refractivity contribution in [3.8, 4) is 5.75 Å². The molecule has 0 fully saturated rings. The molecule has 5 heteroatoms. The van der Waals surface area contributed by atoms with Crippen molar-refractivity contribution in [3.05, 3.63) is 45.2 Å². The van der Waals surface area contributed by atoms with Crippen molar-refractivity contribution >= 4 is 11.3 Å². The molecule has 0 saturated heterocycles. The molecule has 1 aromatic carbocycles. The quantitative estimate of drug-likeness (QED) is 0.893. The topological polar surface area (TPSA) is 34.1 Å². The van der Waals surface area contributed by atoms with Crippen LogP contribution in [0.2, 0.25) is 0 Å². The first-order valence-electron chi connectivity index (χ1n) is 6.95. The molecule has 1 N–H and O–H groups in total. The Morgan fingerprint density at radius 2 is 1.95 bits per heavy atom. The molecule has 0 saturated carbocycles. The first-order chi connectivity index (χ1) is 9.92. The summed E-state index contributed by atoms with van der Waals surface area (Å²) in [4.78, 5) is 5.79. The van der Waals surface area contributed by atoms with Gasteiger partial charge in [0.05, 0.1) is 17.8 Å². The van der Waals surface area contributed by atoms with E-state index in [1.807, 2.05) is 19.9 Å². The van der Waals surface area contributed by atoms with Gasteiger partial charge in [-0.05, 0) is 45.4 Å². The van der Waals surface area contributed by atoms with E-state index in [4.69, 9.17) is 4.74 Å². The van der Waals surface area contributed by atoms with Crippen LogP contribution in [0.25, 0.3) is 0 Å². The third kappa shape index (κ3) is 3.60. The second-order valence-electron chi connectivity index (χ2n) is 5.18. The highest BCUT2D eigenvalue weighted by atomic mass is 32.1. The summed E-state index contributed by atoms with van der Waals surface area (Å²) in [5.41, 5.74) is 1.96. The molecule has 2 rings (SSSR count). The molecule has 3 nitrogen and oxygen atoms in total. The van der Waals surface area contributed by atoms with Gasteiger partial charge in [0, 0.05) is 17.0 Å². The average Bonchev–Trinajstić information content (AvgIpc) is 2.77. The number of hydrogen-bond donors (Lipinski definition) is 1. The minimum atomic E-state index is -0.336. The zero-order valence-electron chi connectivity index (χ0n) is 13.0. The van der Waals surface area contributed by atoms with Gasteiger partial charge in [0.2, 0.25) is 0 Å². The molecular weight excluding hydrogens is 287 g/mol. The first kappa shape index (κ1) is 15.9. The van der Waals surface area contributed by atoms with E-state index >= 15 is 0 Å². The molecule has 1 aromatic heterocycles. The Bertz CT molecular complexity index is 627. The number of rotatable bonds is 5. The second-order valence-corrected chi connectivity index (χ2v) is 6.59. The maximum absolute atomic E-state index is 13.8. The summed E-state index contributed by atoms with van der Waals surface area (Å²) in [5, 5.41) is 4.54. The van der Waals surface area contributed by atoms with Crippen LogP contribution >= 0.6 is 11.3 Å². The van der Waals surface area contributed by atoms with Crippen LogP contribution in [0.5, 0.6) is 5.75 Å². The van der Waals surface area contributed by atoms with Crippen LogP contribution in [0, 0.1) is 19.7 Å². The van der Waals surface area contributed by atoms with Gasteiger partial charge in [0.1, 0.15) is 0 Å². The number of benzene rings is 1. The Labute approximate surface area is 129 Å². The number of hydrogen-bond acceptors (Lipinski definition) is 4. The van der Waals surface area contributed by atoms with E-state index in [0.29, 0.717) is 0 Å². The molecule has 0 spiro atoms. The molecule has 114 valence electrons. The molecule has 21 heavy (non-hydrogen) atoms. The van der Waals surface area contributed by atoms with E-state index in [1.165, 1.54) is 18.1 Å². The smallest absolute Gasteiger partial charge is 0.165 e. The molecule has 0 radical (unpaired) electrons. The van der Waals surface area contributed by atoms with Crippen LogP contribution in [-0.2, 0) is 0 Å². The zero-order valence-corrected chi connectivity index (χ0v) is 13.8. The van der Waals surface area contributed by atoms with Crippen LogP contribution in [0.15, 0.2) is 18.2 Å². The van der Waals surface area contributed by atoms with Crippen LogP contribution in [-0.4, -0.2) is 12.1 Å². The summed E-state index contributed by atoms with van der Waals surface area (Å²) < 4.78 is 18.7. The monoisotopic (exact) mass is 308 g/mol. The highest BCUT2D eigenvalue weighted by molar-refractivity contribution is 7.11. The summed E-state index contributed by atoms with van der Waals surface area (Å²) in [6.07, 6.45) is 0. The fraction of sp³-hybridized carbons (Fsp3) is 0.438. The predicted octanol–water partition coefficient (Wildman–Crippen LogP) is 4.32. The lowest BCUT2D eigenvalue weighted by molar-refractivity contribution is 0.385. The van der Waals surface area contributed by atoms with Gasteiger partial charge in [-0.2, -0.15) is 0 Å². The molecular formula is C16H21FN2OS. The fourth-order valence-corrected chi connectivity index (χ4v) is 3.36. The normalized spacial score (nSPS) is 14.0. The summed E-state index contributed by atoms with van der Waals surface area (Å²) in [6, 6.07) is 5.21. The lowest BCUT2D eigenvalue weighted by Crippen LogP contribution is -2.23. The van der Waals surface area contributed by atoms with Crippen molar-refractivity contribution in [2.75, 3.05) is 7.11 Å². The predicted molar refractivity (Wildman–Crippen MR) is 84.5 cm³/mol. The zero-order chi connectivity index (χ0) is 15.6. The van der Waals surface area contributed by atoms with Crippen molar-refractivity contribution in [1.29, 1.82) is 0 Å². The van der Waals surface area contributed by atoms with Gasteiger partial charge in [-0.1, -0.05) is 6.07 Å². The number of thiazole rings is 1. The van der Waals surface area contributed by atoms with Gasteiger partial charge in [0.25, 0.3) is 0 Å². The molecule has 1 heterocycles. The Morgan fingerprint density at radius 3 is 2.48 bits per heavy atom. The van der Waals surface area contributed by atoms with Gasteiger partial charge >= 0.3 is 0 Å². The average molecular weight is 308 g/mol. The lowest BCUT2D eigenvalue weighted by atomic mass is 10.1. The summed E-state index contributed by atoms with van der Waals surface area (Å²) in [7, 11) is 1.47. The van der Waals surface area contributed by atoms with Gasteiger partial charge < -0.3 is 10.1 Å². The minimum absolute atomic E-state index is 0.0295. The van der Waals surface area contributed by atoms with Crippen LogP contribution in [0.3, 0.4) is 0 Å². The minimum Gasteiger partial charge on any atom is -0.494 e.